The highest BCUT2D eigenvalue weighted by Crippen LogP contribution is 2.07. The van der Waals surface area contributed by atoms with Crippen molar-refractivity contribution >= 4 is 12.0 Å². The number of aliphatic carboxylic acids is 1. The molecule has 0 saturated carbocycles. The van der Waals surface area contributed by atoms with E-state index in [1.165, 1.54) is 4.90 Å². The molecule has 110 valence electrons. The van der Waals surface area contributed by atoms with Crippen LogP contribution in [-0.2, 0) is 14.3 Å². The van der Waals surface area contributed by atoms with Crippen molar-refractivity contribution in [3.8, 4) is 0 Å². The molecule has 0 bridgehead atoms. The minimum absolute atomic E-state index is 0.0606. The molecule has 0 aromatic carbocycles. The van der Waals surface area contributed by atoms with E-state index in [-0.39, 0.29) is 6.61 Å². The number of carboxylic acids is 1. The molecule has 1 saturated heterocycles. The van der Waals surface area contributed by atoms with Crippen LogP contribution in [-0.4, -0.2) is 66.6 Å². The number of carboxylic acid groups (broad SMARTS) is 1. The minimum Gasteiger partial charge on any atom is -0.480 e. The molecule has 2 amide bonds. The minimum atomic E-state index is -1.11. The Morgan fingerprint density at radius 1 is 1.37 bits per heavy atom. The van der Waals surface area contributed by atoms with E-state index in [0.29, 0.717) is 26.3 Å². The van der Waals surface area contributed by atoms with Gasteiger partial charge in [0.15, 0.2) is 6.04 Å². The zero-order valence-corrected chi connectivity index (χ0v) is 11.6. The molecule has 7 nitrogen and oxygen atoms in total. The standard InChI is InChI=1S/C12H22N2O5/c1-12(2,3)19-8-9(10(15)16)13-11(17)14-4-6-18-7-5-14/h9H,4-8H2,1-3H3,(H,13,17)(H,15,16)/t9-/m0/s1. The Balaban J connectivity index is 2.48. The van der Waals surface area contributed by atoms with Crippen molar-refractivity contribution in [3.05, 3.63) is 0 Å². The summed E-state index contributed by atoms with van der Waals surface area (Å²) in [5, 5.41) is 11.5. The monoisotopic (exact) mass is 274 g/mol. The lowest BCUT2D eigenvalue weighted by Gasteiger charge is -2.29. The smallest absolute Gasteiger partial charge is 0.328 e. The van der Waals surface area contributed by atoms with Gasteiger partial charge >= 0.3 is 12.0 Å². The van der Waals surface area contributed by atoms with E-state index < -0.39 is 23.6 Å². The molecule has 0 aromatic heterocycles. The average Bonchev–Trinajstić information content (AvgIpc) is 2.33. The van der Waals surface area contributed by atoms with E-state index >= 15 is 0 Å². The van der Waals surface area contributed by atoms with Crippen molar-refractivity contribution in [1.82, 2.24) is 10.2 Å². The summed E-state index contributed by atoms with van der Waals surface area (Å²) in [5.41, 5.74) is -0.447. The number of rotatable bonds is 4. The van der Waals surface area contributed by atoms with Crippen LogP contribution in [0.5, 0.6) is 0 Å². The summed E-state index contributed by atoms with van der Waals surface area (Å²) in [5.74, 6) is -1.11. The number of nitrogens with one attached hydrogen (secondary N) is 1. The second-order valence-corrected chi connectivity index (χ2v) is 5.36. The molecule has 1 rings (SSSR count). The molecule has 1 aliphatic rings. The number of amides is 2. The fraction of sp³-hybridized carbons (Fsp3) is 0.833. The van der Waals surface area contributed by atoms with E-state index in [2.05, 4.69) is 5.32 Å². The van der Waals surface area contributed by atoms with Crippen molar-refractivity contribution in [3.63, 3.8) is 0 Å². The topological polar surface area (TPSA) is 88.1 Å². The fourth-order valence-electron chi connectivity index (χ4n) is 1.51. The summed E-state index contributed by atoms with van der Waals surface area (Å²) in [6.07, 6.45) is 0. The Morgan fingerprint density at radius 3 is 2.42 bits per heavy atom. The van der Waals surface area contributed by atoms with Crippen LogP contribution >= 0.6 is 0 Å². The maximum Gasteiger partial charge on any atom is 0.328 e. The molecule has 0 unspecified atom stereocenters. The third-order valence-electron chi connectivity index (χ3n) is 2.58. The largest absolute Gasteiger partial charge is 0.480 e. The quantitative estimate of drug-likeness (QED) is 0.769. The van der Waals surface area contributed by atoms with Crippen molar-refractivity contribution in [2.24, 2.45) is 0 Å². The lowest BCUT2D eigenvalue weighted by atomic mass is 10.2. The van der Waals surface area contributed by atoms with Crippen LogP contribution in [0.25, 0.3) is 0 Å². The summed E-state index contributed by atoms with van der Waals surface area (Å²) in [7, 11) is 0. The van der Waals surface area contributed by atoms with E-state index in [1.54, 1.807) is 0 Å². The van der Waals surface area contributed by atoms with Gasteiger partial charge in [0.25, 0.3) is 0 Å². The number of morpholine rings is 1. The van der Waals surface area contributed by atoms with Crippen LogP contribution in [0, 0.1) is 0 Å². The third-order valence-corrected chi connectivity index (χ3v) is 2.58. The second-order valence-electron chi connectivity index (χ2n) is 5.36. The number of hydrogen-bond acceptors (Lipinski definition) is 4. The Hall–Kier alpha value is -1.34. The highest BCUT2D eigenvalue weighted by molar-refractivity contribution is 5.82. The van der Waals surface area contributed by atoms with E-state index in [1.807, 2.05) is 20.8 Å². The van der Waals surface area contributed by atoms with E-state index in [9.17, 15) is 9.59 Å². The molecule has 1 atom stereocenters. The maximum atomic E-state index is 11.9. The number of urea groups is 1. The van der Waals surface area contributed by atoms with Crippen molar-refractivity contribution in [2.75, 3.05) is 32.9 Å². The van der Waals surface area contributed by atoms with Gasteiger partial charge < -0.3 is 24.8 Å². The van der Waals surface area contributed by atoms with Crippen molar-refractivity contribution < 1.29 is 24.2 Å². The van der Waals surface area contributed by atoms with Gasteiger partial charge in [-0.1, -0.05) is 0 Å². The Bertz CT molecular complexity index is 321. The van der Waals surface area contributed by atoms with E-state index in [4.69, 9.17) is 14.6 Å². The van der Waals surface area contributed by atoms with Gasteiger partial charge in [0.05, 0.1) is 25.4 Å². The van der Waals surface area contributed by atoms with Crippen LogP contribution in [0.1, 0.15) is 20.8 Å². The van der Waals surface area contributed by atoms with Crippen LogP contribution in [0.2, 0.25) is 0 Å². The molecule has 7 heteroatoms. The average molecular weight is 274 g/mol. The molecular formula is C12H22N2O5. The zero-order chi connectivity index (χ0) is 14.5. The second kappa shape index (κ2) is 6.72. The Morgan fingerprint density at radius 2 is 1.95 bits per heavy atom. The number of hydrogen-bond donors (Lipinski definition) is 2. The maximum absolute atomic E-state index is 11.9. The van der Waals surface area contributed by atoms with Gasteiger partial charge in [-0.3, -0.25) is 0 Å². The fourth-order valence-corrected chi connectivity index (χ4v) is 1.51. The van der Waals surface area contributed by atoms with Gasteiger partial charge in [0.1, 0.15) is 0 Å². The lowest BCUT2D eigenvalue weighted by Crippen LogP contribution is -2.53. The SMILES string of the molecule is CC(C)(C)OC[C@H](NC(=O)N1CCOCC1)C(=O)O. The Kier molecular flexibility index (Phi) is 5.56. The number of nitrogens with zero attached hydrogens (tertiary/aromatic N) is 1. The molecule has 0 aromatic rings. The number of carbonyl (C=O) groups is 2. The number of carbonyl (C=O) groups excluding carboxylic acids is 1. The first kappa shape index (κ1) is 15.7. The molecule has 1 fully saturated rings. The van der Waals surface area contributed by atoms with Crippen molar-refractivity contribution in [1.29, 1.82) is 0 Å². The summed E-state index contributed by atoms with van der Waals surface area (Å²) in [6.45, 7) is 7.32. The summed E-state index contributed by atoms with van der Waals surface area (Å²) >= 11 is 0. The molecular weight excluding hydrogens is 252 g/mol. The first-order valence-electron chi connectivity index (χ1n) is 6.29. The molecule has 0 radical (unpaired) electrons. The normalized spacial score (nSPS) is 17.9. The summed E-state index contributed by atoms with van der Waals surface area (Å²) < 4.78 is 10.5. The van der Waals surface area contributed by atoms with Gasteiger partial charge in [0.2, 0.25) is 0 Å². The van der Waals surface area contributed by atoms with Gasteiger partial charge in [-0.15, -0.1) is 0 Å². The highest BCUT2D eigenvalue weighted by atomic mass is 16.5. The van der Waals surface area contributed by atoms with Crippen LogP contribution in [0.4, 0.5) is 4.79 Å². The van der Waals surface area contributed by atoms with Crippen LogP contribution in [0.15, 0.2) is 0 Å². The molecule has 19 heavy (non-hydrogen) atoms. The predicted molar refractivity (Wildman–Crippen MR) is 68.1 cm³/mol. The first-order chi connectivity index (χ1) is 8.79. The summed E-state index contributed by atoms with van der Waals surface area (Å²) in [4.78, 5) is 24.5. The van der Waals surface area contributed by atoms with Gasteiger partial charge in [0, 0.05) is 13.1 Å². The molecule has 0 spiro atoms. The molecule has 1 aliphatic heterocycles. The van der Waals surface area contributed by atoms with Gasteiger partial charge in [-0.2, -0.15) is 0 Å². The molecule has 2 N–H and O–H groups in total. The van der Waals surface area contributed by atoms with Crippen LogP contribution in [0.3, 0.4) is 0 Å². The Labute approximate surface area is 112 Å². The predicted octanol–water partition coefficient (Wildman–Crippen LogP) is 0.297. The highest BCUT2D eigenvalue weighted by Gasteiger charge is 2.26. The zero-order valence-electron chi connectivity index (χ0n) is 11.6. The van der Waals surface area contributed by atoms with Crippen molar-refractivity contribution in [2.45, 2.75) is 32.4 Å². The van der Waals surface area contributed by atoms with Crippen LogP contribution < -0.4 is 5.32 Å². The molecule has 1 heterocycles. The van der Waals surface area contributed by atoms with Gasteiger partial charge in [-0.25, -0.2) is 9.59 Å². The van der Waals surface area contributed by atoms with E-state index in [0.717, 1.165) is 0 Å². The summed E-state index contributed by atoms with van der Waals surface area (Å²) in [6, 6.07) is -1.44. The van der Waals surface area contributed by atoms with Gasteiger partial charge in [-0.05, 0) is 20.8 Å². The molecule has 0 aliphatic carbocycles. The third kappa shape index (κ3) is 5.89. The first-order valence-corrected chi connectivity index (χ1v) is 6.29. The number of ether oxygens (including phenoxy) is 2. The lowest BCUT2D eigenvalue weighted by molar-refractivity contribution is -0.142.